The first-order valence-corrected chi connectivity index (χ1v) is 5.40. The highest BCUT2D eigenvalue weighted by atomic mass is 35.5. The summed E-state index contributed by atoms with van der Waals surface area (Å²) in [6.45, 7) is 0. The maximum absolute atomic E-state index is 5.91. The summed E-state index contributed by atoms with van der Waals surface area (Å²) < 4.78 is 1.58. The molecule has 1 aromatic carbocycles. The van der Waals surface area contributed by atoms with Crippen LogP contribution in [0, 0.1) is 0 Å². The Morgan fingerprint density at radius 3 is 2.76 bits per heavy atom. The second kappa shape index (κ2) is 4.03. The van der Waals surface area contributed by atoms with Gasteiger partial charge < -0.3 is 5.32 Å². The molecule has 0 amide bonds. The van der Waals surface area contributed by atoms with Crippen LogP contribution in [0.2, 0.25) is 5.15 Å². The number of aromatic nitrogens is 4. The molecule has 0 radical (unpaired) electrons. The van der Waals surface area contributed by atoms with Gasteiger partial charge in [-0.25, -0.2) is 9.50 Å². The summed E-state index contributed by atoms with van der Waals surface area (Å²) >= 11 is 5.91. The largest absolute Gasteiger partial charge is 0.323 e. The predicted octanol–water partition coefficient (Wildman–Crippen LogP) is 2.52. The predicted molar refractivity (Wildman–Crippen MR) is 65.5 cm³/mol. The second-order valence-corrected chi connectivity index (χ2v) is 3.77. The number of nitrogens with zero attached hydrogens (tertiary/aromatic N) is 4. The number of nitrogens with one attached hydrogen (secondary N) is 1. The van der Waals surface area contributed by atoms with Crippen LogP contribution >= 0.6 is 11.6 Å². The Labute approximate surface area is 102 Å². The molecule has 0 saturated carbocycles. The van der Waals surface area contributed by atoms with Crippen LogP contribution in [0.5, 0.6) is 0 Å². The number of rotatable bonds is 2. The lowest BCUT2D eigenvalue weighted by Crippen LogP contribution is -1.92. The van der Waals surface area contributed by atoms with E-state index >= 15 is 0 Å². The Hall–Kier alpha value is -2.14. The lowest BCUT2D eigenvalue weighted by Gasteiger charge is -1.98. The summed E-state index contributed by atoms with van der Waals surface area (Å²) in [5.74, 6) is 0.492. The minimum Gasteiger partial charge on any atom is -0.323 e. The van der Waals surface area contributed by atoms with Gasteiger partial charge in [-0.2, -0.15) is 4.98 Å². The molecule has 17 heavy (non-hydrogen) atoms. The summed E-state index contributed by atoms with van der Waals surface area (Å²) in [7, 11) is 0. The number of fused-ring (bicyclic) bond motifs is 1. The van der Waals surface area contributed by atoms with E-state index < -0.39 is 0 Å². The highest BCUT2D eigenvalue weighted by Crippen LogP contribution is 2.16. The lowest BCUT2D eigenvalue weighted by molar-refractivity contribution is 0.950. The van der Waals surface area contributed by atoms with Gasteiger partial charge in [0.25, 0.3) is 0 Å². The molecule has 0 aliphatic rings. The molecule has 0 unspecified atom stereocenters. The first-order valence-electron chi connectivity index (χ1n) is 5.02. The Morgan fingerprint density at radius 1 is 1.18 bits per heavy atom. The smallest absolute Gasteiger partial charge is 0.247 e. The van der Waals surface area contributed by atoms with Gasteiger partial charge in [0.1, 0.15) is 0 Å². The second-order valence-electron chi connectivity index (χ2n) is 3.41. The zero-order valence-corrected chi connectivity index (χ0v) is 9.46. The SMILES string of the molecule is Clc1nccn2nc(Nc3ccccc3)nc12. The van der Waals surface area contributed by atoms with Crippen molar-refractivity contribution in [1.82, 2.24) is 19.6 Å². The molecule has 0 fully saturated rings. The van der Waals surface area contributed by atoms with Crippen LogP contribution in [0.4, 0.5) is 11.6 Å². The van der Waals surface area contributed by atoms with Crippen LogP contribution in [0.1, 0.15) is 0 Å². The zero-order valence-electron chi connectivity index (χ0n) is 8.71. The summed E-state index contributed by atoms with van der Waals surface area (Å²) in [5.41, 5.74) is 1.46. The van der Waals surface area contributed by atoms with Crippen molar-refractivity contribution in [2.45, 2.75) is 0 Å². The van der Waals surface area contributed by atoms with Gasteiger partial charge in [-0.15, -0.1) is 5.10 Å². The molecule has 2 heterocycles. The van der Waals surface area contributed by atoms with E-state index in [-0.39, 0.29) is 0 Å². The van der Waals surface area contributed by atoms with Crippen LogP contribution in [0.25, 0.3) is 5.65 Å². The molecule has 0 bridgehead atoms. The first kappa shape index (κ1) is 10.0. The Morgan fingerprint density at radius 2 is 2.00 bits per heavy atom. The molecule has 0 spiro atoms. The van der Waals surface area contributed by atoms with Crippen molar-refractivity contribution < 1.29 is 0 Å². The van der Waals surface area contributed by atoms with Crippen molar-refractivity contribution >= 4 is 28.9 Å². The fraction of sp³-hybridized carbons (Fsp3) is 0. The molecule has 0 aliphatic heterocycles. The van der Waals surface area contributed by atoms with Crippen molar-refractivity contribution in [3.8, 4) is 0 Å². The topological polar surface area (TPSA) is 55.1 Å². The minimum absolute atomic E-state index is 0.334. The number of para-hydroxylation sites is 1. The zero-order chi connectivity index (χ0) is 11.7. The van der Waals surface area contributed by atoms with Crippen molar-refractivity contribution in [2.24, 2.45) is 0 Å². The molecule has 3 rings (SSSR count). The van der Waals surface area contributed by atoms with Crippen molar-refractivity contribution in [3.63, 3.8) is 0 Å². The van der Waals surface area contributed by atoms with Gasteiger partial charge in [0.15, 0.2) is 10.8 Å². The van der Waals surface area contributed by atoms with E-state index in [0.717, 1.165) is 5.69 Å². The molecule has 6 heteroatoms. The number of halogens is 1. The molecule has 84 valence electrons. The van der Waals surface area contributed by atoms with Crippen LogP contribution < -0.4 is 5.32 Å². The molecule has 0 saturated heterocycles. The molecular weight excluding hydrogens is 238 g/mol. The third kappa shape index (κ3) is 1.92. The van der Waals surface area contributed by atoms with Crippen molar-refractivity contribution in [2.75, 3.05) is 5.32 Å². The van der Waals surface area contributed by atoms with E-state index in [9.17, 15) is 0 Å². The fourth-order valence-corrected chi connectivity index (χ4v) is 1.68. The molecular formula is C11H8ClN5. The van der Waals surface area contributed by atoms with Gasteiger partial charge >= 0.3 is 0 Å². The van der Waals surface area contributed by atoms with Gasteiger partial charge in [0, 0.05) is 18.1 Å². The quantitative estimate of drug-likeness (QED) is 0.754. The Bertz CT molecular complexity index is 649. The number of hydrogen-bond donors (Lipinski definition) is 1. The molecule has 0 aliphatic carbocycles. The third-order valence-corrected chi connectivity index (χ3v) is 2.51. The van der Waals surface area contributed by atoms with Gasteiger partial charge in [-0.05, 0) is 12.1 Å². The van der Waals surface area contributed by atoms with Gasteiger partial charge in [-0.3, -0.25) is 0 Å². The maximum Gasteiger partial charge on any atom is 0.247 e. The van der Waals surface area contributed by atoms with Gasteiger partial charge in [0.2, 0.25) is 5.95 Å². The normalized spacial score (nSPS) is 10.6. The van der Waals surface area contributed by atoms with Crippen molar-refractivity contribution in [3.05, 3.63) is 47.9 Å². The average Bonchev–Trinajstić information content (AvgIpc) is 2.74. The molecule has 3 aromatic rings. The van der Waals surface area contributed by atoms with E-state index in [1.54, 1.807) is 16.9 Å². The fourth-order valence-electron chi connectivity index (χ4n) is 1.49. The summed E-state index contributed by atoms with van der Waals surface area (Å²) in [6, 6.07) is 9.69. The van der Waals surface area contributed by atoms with Crippen LogP contribution in [-0.4, -0.2) is 19.6 Å². The minimum atomic E-state index is 0.334. The van der Waals surface area contributed by atoms with Gasteiger partial charge in [-0.1, -0.05) is 29.8 Å². The van der Waals surface area contributed by atoms with E-state index in [1.165, 1.54) is 0 Å². The number of hydrogen-bond acceptors (Lipinski definition) is 4. The van der Waals surface area contributed by atoms with E-state index in [0.29, 0.717) is 16.7 Å². The average molecular weight is 246 g/mol. The summed E-state index contributed by atoms with van der Waals surface area (Å²) in [6.07, 6.45) is 3.28. The van der Waals surface area contributed by atoms with E-state index in [2.05, 4.69) is 20.4 Å². The highest BCUT2D eigenvalue weighted by molar-refractivity contribution is 6.32. The molecule has 1 N–H and O–H groups in total. The van der Waals surface area contributed by atoms with Gasteiger partial charge in [0.05, 0.1) is 0 Å². The van der Waals surface area contributed by atoms with E-state index in [1.807, 2.05) is 30.3 Å². The first-order chi connectivity index (χ1) is 8.33. The molecule has 5 nitrogen and oxygen atoms in total. The highest BCUT2D eigenvalue weighted by Gasteiger charge is 2.06. The van der Waals surface area contributed by atoms with Crippen LogP contribution in [0.3, 0.4) is 0 Å². The monoisotopic (exact) mass is 245 g/mol. The lowest BCUT2D eigenvalue weighted by atomic mass is 10.3. The van der Waals surface area contributed by atoms with E-state index in [4.69, 9.17) is 11.6 Å². The standard InChI is InChI=1S/C11H8ClN5/c12-9-10-15-11(16-17(10)7-6-13-9)14-8-4-2-1-3-5-8/h1-7H,(H,14,16). The Kier molecular flexibility index (Phi) is 2.38. The summed E-state index contributed by atoms with van der Waals surface area (Å²) in [5, 5.41) is 7.66. The molecule has 2 aromatic heterocycles. The Balaban J connectivity index is 1.99. The number of benzene rings is 1. The van der Waals surface area contributed by atoms with Crippen LogP contribution in [-0.2, 0) is 0 Å². The third-order valence-electron chi connectivity index (χ3n) is 2.24. The summed E-state index contributed by atoms with van der Waals surface area (Å²) in [4.78, 5) is 8.20. The van der Waals surface area contributed by atoms with Crippen molar-refractivity contribution in [1.29, 1.82) is 0 Å². The number of anilines is 2. The molecule has 0 atom stereocenters. The maximum atomic E-state index is 5.91. The van der Waals surface area contributed by atoms with Crippen LogP contribution in [0.15, 0.2) is 42.7 Å².